The van der Waals surface area contributed by atoms with Crippen LogP contribution >= 0.6 is 0 Å². The maximum absolute atomic E-state index is 12.4. The highest BCUT2D eigenvalue weighted by atomic mass is 16.3. The molecule has 0 saturated carbocycles. The van der Waals surface area contributed by atoms with Gasteiger partial charge in [0.1, 0.15) is 0 Å². The Bertz CT molecular complexity index is 765. The van der Waals surface area contributed by atoms with Gasteiger partial charge in [-0.1, -0.05) is 237 Å². The molecule has 0 aromatic heterocycles. The van der Waals surface area contributed by atoms with E-state index in [4.69, 9.17) is 0 Å². The van der Waals surface area contributed by atoms with Gasteiger partial charge in [-0.3, -0.25) is 4.79 Å². The number of rotatable bonds is 44. The van der Waals surface area contributed by atoms with E-state index in [2.05, 4.69) is 31.3 Å². The first-order chi connectivity index (χ1) is 26.2. The third kappa shape index (κ3) is 41.9. The molecule has 0 bridgehead atoms. The topological polar surface area (TPSA) is 69.6 Å². The van der Waals surface area contributed by atoms with Crippen molar-refractivity contribution >= 4 is 5.91 Å². The second kappa shape index (κ2) is 45.3. The van der Waals surface area contributed by atoms with Gasteiger partial charge in [0.05, 0.1) is 18.8 Å². The normalized spacial score (nSPS) is 13.1. The SMILES string of the molecule is CCCCCCCCCCCC/C=C\CCCCCCCCCC(=O)NC(CO)C(O)/C=C/CCCCCCCCCCCCCCCCCCCC. The molecule has 2 unspecified atom stereocenters. The summed E-state index contributed by atoms with van der Waals surface area (Å²) in [6, 6.07) is -0.622. The minimum atomic E-state index is -0.839. The summed E-state index contributed by atoms with van der Waals surface area (Å²) in [4.78, 5) is 12.4. The molecule has 0 aromatic carbocycles. The van der Waals surface area contributed by atoms with Gasteiger partial charge >= 0.3 is 0 Å². The largest absolute Gasteiger partial charge is 0.394 e. The Hall–Kier alpha value is -1.13. The number of hydrogen-bond acceptors (Lipinski definition) is 3. The molecule has 4 heteroatoms. The molecule has 0 rings (SSSR count). The fourth-order valence-corrected chi connectivity index (χ4v) is 7.47. The Morgan fingerprint density at radius 3 is 1.04 bits per heavy atom. The van der Waals surface area contributed by atoms with Gasteiger partial charge in [-0.05, 0) is 44.9 Å². The van der Waals surface area contributed by atoms with Crippen molar-refractivity contribution < 1.29 is 15.0 Å². The highest BCUT2D eigenvalue weighted by Crippen LogP contribution is 2.16. The first kappa shape index (κ1) is 51.9. The highest BCUT2D eigenvalue weighted by molar-refractivity contribution is 5.76. The van der Waals surface area contributed by atoms with Crippen molar-refractivity contribution in [2.24, 2.45) is 0 Å². The summed E-state index contributed by atoms with van der Waals surface area (Å²) in [6.45, 7) is 4.33. The van der Waals surface area contributed by atoms with Gasteiger partial charge in [0.15, 0.2) is 0 Å². The predicted molar refractivity (Wildman–Crippen MR) is 235 cm³/mol. The monoisotopic (exact) mass is 746 g/mol. The summed E-state index contributed by atoms with van der Waals surface area (Å²) in [6.07, 6.45) is 58.7. The van der Waals surface area contributed by atoms with Crippen LogP contribution in [0.5, 0.6) is 0 Å². The van der Waals surface area contributed by atoms with E-state index in [1.807, 2.05) is 6.08 Å². The molecular weight excluding hydrogens is 651 g/mol. The number of allylic oxidation sites excluding steroid dienone is 3. The summed E-state index contributed by atoms with van der Waals surface area (Å²) in [5, 5.41) is 23.1. The molecule has 0 spiro atoms. The molecule has 0 fully saturated rings. The first-order valence-electron chi connectivity index (χ1n) is 24.1. The Morgan fingerprint density at radius 1 is 0.434 bits per heavy atom. The number of aliphatic hydroxyl groups is 2. The summed E-state index contributed by atoms with van der Waals surface area (Å²) >= 11 is 0. The van der Waals surface area contributed by atoms with E-state index in [1.54, 1.807) is 6.08 Å². The molecule has 0 heterocycles. The minimum absolute atomic E-state index is 0.0652. The van der Waals surface area contributed by atoms with Crippen LogP contribution in [0.15, 0.2) is 24.3 Å². The molecule has 314 valence electrons. The van der Waals surface area contributed by atoms with Crippen LogP contribution < -0.4 is 5.32 Å². The standard InChI is InChI=1S/C49H95NO3/c1-3-5-7-9-11-13-15-17-19-21-23-25-27-29-31-33-35-37-39-41-43-45-49(53)50-47(46-51)48(52)44-42-40-38-36-34-32-30-28-26-24-22-20-18-16-14-12-10-8-6-4-2/h25,27,42,44,47-48,51-52H,3-24,26,28-41,43,45-46H2,1-2H3,(H,50,53)/b27-25-,44-42+. The molecular formula is C49H95NO3. The van der Waals surface area contributed by atoms with Gasteiger partial charge in [-0.2, -0.15) is 0 Å². The number of hydrogen-bond donors (Lipinski definition) is 3. The van der Waals surface area contributed by atoms with Crippen molar-refractivity contribution in [3.05, 3.63) is 24.3 Å². The van der Waals surface area contributed by atoms with E-state index in [-0.39, 0.29) is 12.5 Å². The minimum Gasteiger partial charge on any atom is -0.394 e. The summed E-state index contributed by atoms with van der Waals surface area (Å²) in [7, 11) is 0. The second-order valence-electron chi connectivity index (χ2n) is 16.5. The third-order valence-corrected chi connectivity index (χ3v) is 11.2. The molecule has 0 aliphatic rings. The molecule has 4 nitrogen and oxygen atoms in total. The van der Waals surface area contributed by atoms with Crippen molar-refractivity contribution in [3.8, 4) is 0 Å². The fraction of sp³-hybridized carbons (Fsp3) is 0.898. The molecule has 0 aromatic rings. The quantitative estimate of drug-likeness (QED) is 0.0430. The molecule has 0 aliphatic heterocycles. The Labute approximate surface area is 332 Å². The lowest BCUT2D eigenvalue weighted by molar-refractivity contribution is -0.123. The fourth-order valence-electron chi connectivity index (χ4n) is 7.47. The molecule has 0 aliphatic carbocycles. The van der Waals surface area contributed by atoms with Gasteiger partial charge in [0, 0.05) is 6.42 Å². The van der Waals surface area contributed by atoms with E-state index >= 15 is 0 Å². The molecule has 1 amide bonds. The van der Waals surface area contributed by atoms with Crippen LogP contribution in [-0.4, -0.2) is 34.9 Å². The van der Waals surface area contributed by atoms with Crippen molar-refractivity contribution in [1.29, 1.82) is 0 Å². The van der Waals surface area contributed by atoms with E-state index in [1.165, 1.54) is 218 Å². The first-order valence-corrected chi connectivity index (χ1v) is 24.1. The van der Waals surface area contributed by atoms with Gasteiger partial charge in [-0.25, -0.2) is 0 Å². The lowest BCUT2D eigenvalue weighted by Crippen LogP contribution is -2.45. The lowest BCUT2D eigenvalue weighted by Gasteiger charge is -2.20. The summed E-state index contributed by atoms with van der Waals surface area (Å²) < 4.78 is 0. The van der Waals surface area contributed by atoms with Crippen LogP contribution in [-0.2, 0) is 4.79 Å². The van der Waals surface area contributed by atoms with Crippen LogP contribution in [0.1, 0.15) is 264 Å². The number of carbonyl (C=O) groups excluding carboxylic acids is 1. The Balaban J connectivity index is 3.53. The zero-order valence-electron chi connectivity index (χ0n) is 36.1. The van der Waals surface area contributed by atoms with Crippen LogP contribution in [0.25, 0.3) is 0 Å². The number of nitrogens with one attached hydrogen (secondary N) is 1. The van der Waals surface area contributed by atoms with E-state index in [0.717, 1.165) is 25.7 Å². The van der Waals surface area contributed by atoms with Crippen LogP contribution in [0.3, 0.4) is 0 Å². The summed E-state index contributed by atoms with van der Waals surface area (Å²) in [5.41, 5.74) is 0. The van der Waals surface area contributed by atoms with Crippen molar-refractivity contribution in [2.45, 2.75) is 276 Å². The van der Waals surface area contributed by atoms with Gasteiger partial charge in [-0.15, -0.1) is 0 Å². The molecule has 3 N–H and O–H groups in total. The van der Waals surface area contributed by atoms with Crippen LogP contribution in [0, 0.1) is 0 Å². The van der Waals surface area contributed by atoms with Crippen molar-refractivity contribution in [2.75, 3.05) is 6.61 Å². The summed E-state index contributed by atoms with van der Waals surface area (Å²) in [5.74, 6) is -0.0652. The van der Waals surface area contributed by atoms with Crippen molar-refractivity contribution in [1.82, 2.24) is 5.32 Å². The van der Waals surface area contributed by atoms with Gasteiger partial charge in [0.25, 0.3) is 0 Å². The zero-order chi connectivity index (χ0) is 38.6. The predicted octanol–water partition coefficient (Wildman–Crippen LogP) is 15.2. The number of carbonyl (C=O) groups is 1. The highest BCUT2D eigenvalue weighted by Gasteiger charge is 2.18. The van der Waals surface area contributed by atoms with E-state index < -0.39 is 12.1 Å². The number of aliphatic hydroxyl groups excluding tert-OH is 2. The van der Waals surface area contributed by atoms with Gasteiger partial charge in [0.2, 0.25) is 5.91 Å². The smallest absolute Gasteiger partial charge is 0.220 e. The van der Waals surface area contributed by atoms with E-state index in [9.17, 15) is 15.0 Å². The maximum atomic E-state index is 12.4. The number of unbranched alkanes of at least 4 members (excludes halogenated alkanes) is 35. The molecule has 0 radical (unpaired) electrons. The zero-order valence-corrected chi connectivity index (χ0v) is 36.1. The average molecular weight is 746 g/mol. The Kier molecular flexibility index (Phi) is 44.3. The maximum Gasteiger partial charge on any atom is 0.220 e. The Morgan fingerprint density at radius 2 is 0.717 bits per heavy atom. The van der Waals surface area contributed by atoms with Crippen molar-refractivity contribution in [3.63, 3.8) is 0 Å². The lowest BCUT2D eigenvalue weighted by atomic mass is 10.0. The number of amides is 1. The van der Waals surface area contributed by atoms with Gasteiger partial charge < -0.3 is 15.5 Å². The second-order valence-corrected chi connectivity index (χ2v) is 16.5. The van der Waals surface area contributed by atoms with Crippen LogP contribution in [0.4, 0.5) is 0 Å². The molecule has 0 saturated heterocycles. The average Bonchev–Trinajstić information content (AvgIpc) is 3.16. The third-order valence-electron chi connectivity index (χ3n) is 11.2. The van der Waals surface area contributed by atoms with Crippen LogP contribution in [0.2, 0.25) is 0 Å². The molecule has 2 atom stereocenters. The van der Waals surface area contributed by atoms with E-state index in [0.29, 0.717) is 6.42 Å². The molecule has 53 heavy (non-hydrogen) atoms.